The summed E-state index contributed by atoms with van der Waals surface area (Å²) in [4.78, 5) is 28.8. The van der Waals surface area contributed by atoms with Gasteiger partial charge >= 0.3 is 0 Å². The average Bonchev–Trinajstić information content (AvgIpc) is 2.79. The number of carbonyl (C=O) groups is 2. The van der Waals surface area contributed by atoms with Gasteiger partial charge in [-0.15, -0.1) is 0 Å². The zero-order chi connectivity index (χ0) is 23.1. The van der Waals surface area contributed by atoms with Crippen LogP contribution >= 0.6 is 0 Å². The summed E-state index contributed by atoms with van der Waals surface area (Å²) < 4.78 is 0. The SMILES string of the molecule is CCN(Cc1ccc(C(=O)Nc2ccc(CN3CCCC(C(N)=O)C3)cc2)cc1)C(C)C. The molecule has 0 radical (unpaired) electrons. The third-order valence-corrected chi connectivity index (χ3v) is 6.26. The summed E-state index contributed by atoms with van der Waals surface area (Å²) in [5.74, 6) is -0.367. The van der Waals surface area contributed by atoms with Crippen molar-refractivity contribution in [2.45, 2.75) is 52.7 Å². The van der Waals surface area contributed by atoms with Crippen LogP contribution in [0.1, 0.15) is 55.1 Å². The molecular formula is C26H36N4O2. The lowest BCUT2D eigenvalue weighted by Gasteiger charge is -2.31. The monoisotopic (exact) mass is 436 g/mol. The van der Waals surface area contributed by atoms with Gasteiger partial charge in [-0.2, -0.15) is 0 Å². The van der Waals surface area contributed by atoms with Crippen LogP contribution in [-0.2, 0) is 17.9 Å². The van der Waals surface area contributed by atoms with Gasteiger partial charge in [0, 0.05) is 36.9 Å². The van der Waals surface area contributed by atoms with Gasteiger partial charge in [0.15, 0.2) is 0 Å². The molecule has 1 aliphatic heterocycles. The lowest BCUT2D eigenvalue weighted by atomic mass is 9.97. The molecule has 0 aliphatic carbocycles. The number of hydrogen-bond donors (Lipinski definition) is 2. The molecule has 1 heterocycles. The van der Waals surface area contributed by atoms with Gasteiger partial charge in [0.05, 0.1) is 5.92 Å². The Labute approximate surface area is 191 Å². The second kappa shape index (κ2) is 11.2. The van der Waals surface area contributed by atoms with E-state index in [1.807, 2.05) is 48.5 Å². The largest absolute Gasteiger partial charge is 0.369 e. The lowest BCUT2D eigenvalue weighted by molar-refractivity contribution is -0.123. The molecule has 0 saturated carbocycles. The Kier molecular flexibility index (Phi) is 8.42. The van der Waals surface area contributed by atoms with Crippen molar-refractivity contribution in [1.29, 1.82) is 0 Å². The smallest absolute Gasteiger partial charge is 0.255 e. The Balaban J connectivity index is 1.53. The molecular weight excluding hydrogens is 400 g/mol. The van der Waals surface area contributed by atoms with Crippen LogP contribution in [0.5, 0.6) is 0 Å². The van der Waals surface area contributed by atoms with Gasteiger partial charge in [-0.1, -0.05) is 31.2 Å². The topological polar surface area (TPSA) is 78.7 Å². The first-order valence-corrected chi connectivity index (χ1v) is 11.6. The van der Waals surface area contributed by atoms with Crippen LogP contribution in [0.25, 0.3) is 0 Å². The van der Waals surface area contributed by atoms with Crippen molar-refractivity contribution < 1.29 is 9.59 Å². The van der Waals surface area contributed by atoms with Crippen molar-refractivity contribution in [1.82, 2.24) is 9.80 Å². The normalized spacial score (nSPS) is 17.0. The summed E-state index contributed by atoms with van der Waals surface area (Å²) in [5.41, 5.74) is 9.26. The third kappa shape index (κ3) is 6.65. The van der Waals surface area contributed by atoms with E-state index in [1.54, 1.807) is 0 Å². The van der Waals surface area contributed by atoms with Crippen molar-refractivity contribution in [3.63, 3.8) is 0 Å². The van der Waals surface area contributed by atoms with Crippen LogP contribution in [0, 0.1) is 5.92 Å². The highest BCUT2D eigenvalue weighted by Gasteiger charge is 2.23. The van der Waals surface area contributed by atoms with E-state index in [2.05, 4.69) is 35.9 Å². The predicted molar refractivity (Wildman–Crippen MR) is 129 cm³/mol. The molecule has 0 aromatic heterocycles. The maximum Gasteiger partial charge on any atom is 0.255 e. The highest BCUT2D eigenvalue weighted by atomic mass is 16.2. The average molecular weight is 437 g/mol. The maximum absolute atomic E-state index is 12.6. The molecule has 1 aliphatic rings. The summed E-state index contributed by atoms with van der Waals surface area (Å²) in [7, 11) is 0. The number of primary amides is 1. The summed E-state index contributed by atoms with van der Waals surface area (Å²) in [6.07, 6.45) is 1.88. The molecule has 3 N–H and O–H groups in total. The van der Waals surface area contributed by atoms with Crippen LogP contribution in [0.2, 0.25) is 0 Å². The van der Waals surface area contributed by atoms with Crippen LogP contribution < -0.4 is 11.1 Å². The molecule has 2 aromatic carbocycles. The van der Waals surface area contributed by atoms with E-state index in [9.17, 15) is 9.59 Å². The number of hydrogen-bond acceptors (Lipinski definition) is 4. The second-order valence-electron chi connectivity index (χ2n) is 8.98. The van der Waals surface area contributed by atoms with Gasteiger partial charge in [-0.3, -0.25) is 19.4 Å². The lowest BCUT2D eigenvalue weighted by Crippen LogP contribution is -2.40. The molecule has 2 aromatic rings. The Morgan fingerprint density at radius 3 is 2.34 bits per heavy atom. The maximum atomic E-state index is 12.6. The van der Waals surface area contributed by atoms with Crippen molar-refractivity contribution in [2.24, 2.45) is 11.7 Å². The second-order valence-corrected chi connectivity index (χ2v) is 8.98. The van der Waals surface area contributed by atoms with Gasteiger partial charge in [0.2, 0.25) is 5.91 Å². The van der Waals surface area contributed by atoms with E-state index in [-0.39, 0.29) is 17.7 Å². The van der Waals surface area contributed by atoms with E-state index in [4.69, 9.17) is 5.73 Å². The molecule has 6 heteroatoms. The zero-order valence-corrected chi connectivity index (χ0v) is 19.5. The molecule has 3 rings (SSSR count). The van der Waals surface area contributed by atoms with E-state index in [0.717, 1.165) is 56.8 Å². The minimum absolute atomic E-state index is 0.0517. The molecule has 1 unspecified atom stereocenters. The van der Waals surface area contributed by atoms with E-state index >= 15 is 0 Å². The summed E-state index contributed by atoms with van der Waals surface area (Å²) in [6, 6.07) is 16.2. The molecule has 0 bridgehead atoms. The van der Waals surface area contributed by atoms with Gasteiger partial charge < -0.3 is 11.1 Å². The number of benzene rings is 2. The number of nitrogens with two attached hydrogens (primary N) is 1. The fraction of sp³-hybridized carbons (Fsp3) is 0.462. The third-order valence-electron chi connectivity index (χ3n) is 6.26. The molecule has 32 heavy (non-hydrogen) atoms. The summed E-state index contributed by atoms with van der Waals surface area (Å²) in [6.45, 7) is 10.9. The minimum atomic E-state index is -0.205. The number of piperidine rings is 1. The van der Waals surface area contributed by atoms with Crippen LogP contribution in [0.15, 0.2) is 48.5 Å². The van der Waals surface area contributed by atoms with Crippen molar-refractivity contribution >= 4 is 17.5 Å². The molecule has 2 amide bonds. The van der Waals surface area contributed by atoms with Crippen molar-refractivity contribution in [2.75, 3.05) is 25.0 Å². The highest BCUT2D eigenvalue weighted by Crippen LogP contribution is 2.19. The number of nitrogens with one attached hydrogen (secondary N) is 1. The zero-order valence-electron chi connectivity index (χ0n) is 19.5. The van der Waals surface area contributed by atoms with Crippen molar-refractivity contribution in [3.05, 3.63) is 65.2 Å². The highest BCUT2D eigenvalue weighted by molar-refractivity contribution is 6.04. The fourth-order valence-corrected chi connectivity index (χ4v) is 4.24. The number of rotatable bonds is 9. The number of likely N-dealkylation sites (tertiary alicyclic amines) is 1. The predicted octanol–water partition coefficient (Wildman–Crippen LogP) is 3.87. The molecule has 0 spiro atoms. The quantitative estimate of drug-likeness (QED) is 0.626. The molecule has 6 nitrogen and oxygen atoms in total. The summed E-state index contributed by atoms with van der Waals surface area (Å²) >= 11 is 0. The van der Waals surface area contributed by atoms with Crippen LogP contribution in [0.4, 0.5) is 5.69 Å². The Bertz CT molecular complexity index is 893. The molecule has 172 valence electrons. The van der Waals surface area contributed by atoms with Crippen LogP contribution in [-0.4, -0.2) is 47.3 Å². The van der Waals surface area contributed by atoms with Gasteiger partial charge in [-0.25, -0.2) is 0 Å². The molecule has 1 fully saturated rings. The number of amides is 2. The van der Waals surface area contributed by atoms with Gasteiger partial charge in [0.25, 0.3) is 5.91 Å². The first-order chi connectivity index (χ1) is 15.4. The Morgan fingerprint density at radius 1 is 1.09 bits per heavy atom. The number of carbonyl (C=O) groups excluding carboxylic acids is 2. The summed E-state index contributed by atoms with van der Waals surface area (Å²) in [5, 5.41) is 2.98. The first-order valence-electron chi connectivity index (χ1n) is 11.6. The number of anilines is 1. The Morgan fingerprint density at radius 2 is 1.75 bits per heavy atom. The number of nitrogens with zero attached hydrogens (tertiary/aromatic N) is 2. The standard InChI is InChI=1S/C26H36N4O2/c1-4-30(19(2)3)17-21-7-11-22(12-8-21)26(32)28-24-13-9-20(10-14-24)16-29-15-5-6-23(18-29)25(27)31/h7-14,19,23H,4-6,15-18H2,1-3H3,(H2,27,31)(H,28,32). The fourth-order valence-electron chi connectivity index (χ4n) is 4.24. The molecule has 1 saturated heterocycles. The van der Waals surface area contributed by atoms with Gasteiger partial charge in [0.1, 0.15) is 0 Å². The van der Waals surface area contributed by atoms with E-state index in [0.29, 0.717) is 11.6 Å². The minimum Gasteiger partial charge on any atom is -0.369 e. The van der Waals surface area contributed by atoms with Gasteiger partial charge in [-0.05, 0) is 75.2 Å². The molecule has 1 atom stereocenters. The first kappa shape index (κ1) is 24.0. The van der Waals surface area contributed by atoms with E-state index < -0.39 is 0 Å². The van der Waals surface area contributed by atoms with Crippen molar-refractivity contribution in [3.8, 4) is 0 Å². The van der Waals surface area contributed by atoms with Crippen LogP contribution in [0.3, 0.4) is 0 Å². The Hall–Kier alpha value is -2.70. The van der Waals surface area contributed by atoms with E-state index in [1.165, 1.54) is 5.56 Å².